The first-order valence-corrected chi connectivity index (χ1v) is 16.6. The van der Waals surface area contributed by atoms with Crippen LogP contribution in [0, 0.1) is 5.92 Å². The molecule has 272 valence electrons. The van der Waals surface area contributed by atoms with E-state index in [-0.39, 0.29) is 37.9 Å². The van der Waals surface area contributed by atoms with E-state index in [1.54, 1.807) is 69.3 Å². The standard InChI is InChI=1S/C38H50N2O10/c1-37(2,3)40(36(44)45)19-21-49-31-16-13-25(23-32(31)46-7)12-15-29(41)28-11-9-10-27(34(28)42)22-26-14-17-30(33(24-26)47-8)48-20-18-39-35(43)50-38(4,5)6/h12-17,22-24,28H,9-11,18-21H2,1-8H3,(H,39,43)(H,44,45). The molecule has 2 N–H and O–H groups in total. The molecule has 12 nitrogen and oxygen atoms in total. The first-order valence-electron chi connectivity index (χ1n) is 16.6. The van der Waals surface area contributed by atoms with Gasteiger partial charge in [0.2, 0.25) is 0 Å². The molecule has 0 saturated heterocycles. The van der Waals surface area contributed by atoms with Crippen molar-refractivity contribution in [3.05, 3.63) is 59.2 Å². The molecule has 1 atom stereocenters. The predicted octanol–water partition coefficient (Wildman–Crippen LogP) is 6.80. The number of hydrogen-bond acceptors (Lipinski definition) is 9. The van der Waals surface area contributed by atoms with Gasteiger partial charge < -0.3 is 39.0 Å². The summed E-state index contributed by atoms with van der Waals surface area (Å²) in [5.41, 5.74) is 0.813. The van der Waals surface area contributed by atoms with Crippen molar-refractivity contribution < 1.29 is 48.0 Å². The molecule has 50 heavy (non-hydrogen) atoms. The maximum absolute atomic E-state index is 13.4. The predicted molar refractivity (Wildman–Crippen MR) is 190 cm³/mol. The van der Waals surface area contributed by atoms with Gasteiger partial charge in [-0.15, -0.1) is 0 Å². The Morgan fingerprint density at radius 1 is 0.900 bits per heavy atom. The number of allylic oxidation sites excluding steroid dienone is 2. The van der Waals surface area contributed by atoms with E-state index in [4.69, 9.17) is 23.7 Å². The van der Waals surface area contributed by atoms with Crippen LogP contribution in [-0.4, -0.2) is 85.4 Å². The summed E-state index contributed by atoms with van der Waals surface area (Å²) in [6.07, 6.45) is 5.00. The summed E-state index contributed by atoms with van der Waals surface area (Å²) >= 11 is 0. The zero-order valence-electron chi connectivity index (χ0n) is 30.3. The SMILES string of the molecule is COc1cc(C=C2CCCC(C(=O)C=Cc3ccc(OCCN(C(=O)O)C(C)(C)C)c(OC)c3)C2=O)ccc1OCCNC(=O)OC(C)(C)C. The third kappa shape index (κ3) is 11.9. The van der Waals surface area contributed by atoms with E-state index in [1.165, 1.54) is 25.2 Å². The lowest BCUT2D eigenvalue weighted by atomic mass is 9.81. The van der Waals surface area contributed by atoms with Gasteiger partial charge in [0.1, 0.15) is 18.8 Å². The Kier molecular flexibility index (Phi) is 13.9. The van der Waals surface area contributed by atoms with E-state index in [0.29, 0.717) is 53.4 Å². The summed E-state index contributed by atoms with van der Waals surface area (Å²) in [5.74, 6) is 0.560. The van der Waals surface area contributed by atoms with Crippen molar-refractivity contribution >= 4 is 35.9 Å². The van der Waals surface area contributed by atoms with E-state index < -0.39 is 29.2 Å². The minimum absolute atomic E-state index is 0.132. The third-order valence-electron chi connectivity index (χ3n) is 7.71. The number of benzene rings is 2. The molecule has 0 aliphatic heterocycles. The summed E-state index contributed by atoms with van der Waals surface area (Å²) in [5, 5.41) is 12.1. The molecule has 0 heterocycles. The fraction of sp³-hybridized carbons (Fsp3) is 0.474. The Morgan fingerprint density at radius 2 is 1.50 bits per heavy atom. The highest BCUT2D eigenvalue weighted by Crippen LogP contribution is 2.33. The van der Waals surface area contributed by atoms with Crippen molar-refractivity contribution in [2.75, 3.05) is 40.5 Å². The summed E-state index contributed by atoms with van der Waals surface area (Å²) in [7, 11) is 3.01. The molecule has 0 aromatic heterocycles. The average Bonchev–Trinajstić information content (AvgIpc) is 3.03. The molecule has 2 aromatic rings. The first-order chi connectivity index (χ1) is 23.5. The average molecular weight is 695 g/mol. The molecule has 0 radical (unpaired) electrons. The molecule has 12 heteroatoms. The number of ketones is 2. The number of alkyl carbamates (subject to hydrolysis) is 1. The Hall–Kier alpha value is -5.00. The molecule has 2 amide bonds. The fourth-order valence-corrected chi connectivity index (χ4v) is 5.28. The first kappa shape index (κ1) is 39.4. The normalized spacial score (nSPS) is 15.8. The third-order valence-corrected chi connectivity index (χ3v) is 7.71. The summed E-state index contributed by atoms with van der Waals surface area (Å²) in [6, 6.07) is 10.5. The maximum Gasteiger partial charge on any atom is 0.407 e. The minimum atomic E-state index is -1.03. The highest BCUT2D eigenvalue weighted by Gasteiger charge is 2.31. The number of nitrogens with zero attached hydrogens (tertiary/aromatic N) is 1. The fourth-order valence-electron chi connectivity index (χ4n) is 5.28. The molecule has 1 aliphatic rings. The lowest BCUT2D eigenvalue weighted by Gasteiger charge is -2.33. The molecule has 1 aliphatic carbocycles. The number of hydrogen-bond donors (Lipinski definition) is 2. The molecule has 1 unspecified atom stereocenters. The molecule has 1 fully saturated rings. The van der Waals surface area contributed by atoms with Crippen molar-refractivity contribution in [1.29, 1.82) is 0 Å². The van der Waals surface area contributed by atoms with Gasteiger partial charge in [0.05, 0.1) is 33.2 Å². The van der Waals surface area contributed by atoms with Gasteiger partial charge in [-0.2, -0.15) is 0 Å². The number of carboxylic acid groups (broad SMARTS) is 1. The highest BCUT2D eigenvalue weighted by molar-refractivity contribution is 6.16. The highest BCUT2D eigenvalue weighted by atomic mass is 16.6. The van der Waals surface area contributed by atoms with Gasteiger partial charge in [-0.05, 0) is 114 Å². The van der Waals surface area contributed by atoms with E-state index in [9.17, 15) is 24.3 Å². The molecular formula is C38H50N2O10. The molecule has 0 bridgehead atoms. The molecule has 0 spiro atoms. The van der Waals surface area contributed by atoms with E-state index in [2.05, 4.69) is 5.32 Å². The Bertz CT molecular complexity index is 1580. The van der Waals surface area contributed by atoms with Gasteiger partial charge in [-0.25, -0.2) is 9.59 Å². The van der Waals surface area contributed by atoms with E-state index in [0.717, 1.165) is 5.56 Å². The number of nitrogens with one attached hydrogen (secondary N) is 1. The number of methoxy groups -OCH3 is 2. The van der Waals surface area contributed by atoms with Crippen molar-refractivity contribution in [3.8, 4) is 23.0 Å². The Balaban J connectivity index is 1.61. The number of rotatable bonds is 14. The van der Waals surface area contributed by atoms with Crippen LogP contribution in [0.25, 0.3) is 12.2 Å². The van der Waals surface area contributed by atoms with Gasteiger partial charge in [-0.1, -0.05) is 18.2 Å². The zero-order chi connectivity index (χ0) is 37.1. The number of carbonyl (C=O) groups excluding carboxylic acids is 3. The van der Waals surface area contributed by atoms with Crippen LogP contribution in [0.15, 0.2) is 48.0 Å². The second-order valence-electron chi connectivity index (χ2n) is 13.8. The zero-order valence-corrected chi connectivity index (χ0v) is 30.3. The molecule has 1 saturated carbocycles. The van der Waals surface area contributed by atoms with Crippen LogP contribution in [0.3, 0.4) is 0 Å². The van der Waals surface area contributed by atoms with Crippen LogP contribution in [-0.2, 0) is 14.3 Å². The van der Waals surface area contributed by atoms with Crippen LogP contribution < -0.4 is 24.3 Å². The van der Waals surface area contributed by atoms with Crippen LogP contribution in [0.5, 0.6) is 23.0 Å². The van der Waals surface area contributed by atoms with Gasteiger partial charge in [-0.3, -0.25) is 9.59 Å². The quantitative estimate of drug-likeness (QED) is 0.123. The number of ether oxygens (including phenoxy) is 5. The largest absolute Gasteiger partial charge is 0.493 e. The van der Waals surface area contributed by atoms with Crippen molar-refractivity contribution in [2.24, 2.45) is 5.92 Å². The Morgan fingerprint density at radius 3 is 2.08 bits per heavy atom. The second-order valence-corrected chi connectivity index (χ2v) is 13.8. The van der Waals surface area contributed by atoms with Crippen LogP contribution in [0.2, 0.25) is 0 Å². The summed E-state index contributed by atoms with van der Waals surface area (Å²) < 4.78 is 27.8. The number of carbonyl (C=O) groups is 4. The van der Waals surface area contributed by atoms with Gasteiger partial charge >= 0.3 is 12.2 Å². The van der Waals surface area contributed by atoms with E-state index in [1.807, 2.05) is 20.8 Å². The topological polar surface area (TPSA) is 150 Å². The lowest BCUT2D eigenvalue weighted by molar-refractivity contribution is -0.129. The molecular weight excluding hydrogens is 644 g/mol. The Labute approximate surface area is 294 Å². The van der Waals surface area contributed by atoms with Crippen LogP contribution >= 0.6 is 0 Å². The monoisotopic (exact) mass is 694 g/mol. The second kappa shape index (κ2) is 17.6. The molecule has 3 rings (SSSR count). The summed E-state index contributed by atoms with van der Waals surface area (Å²) in [6.45, 7) is 11.5. The maximum atomic E-state index is 13.4. The van der Waals surface area contributed by atoms with Crippen molar-refractivity contribution in [3.63, 3.8) is 0 Å². The number of Topliss-reactive ketones (excluding diaryl/α,β-unsaturated/α-hetero) is 1. The van der Waals surface area contributed by atoms with Gasteiger partial charge in [0.25, 0.3) is 0 Å². The van der Waals surface area contributed by atoms with Crippen LogP contribution in [0.4, 0.5) is 9.59 Å². The lowest BCUT2D eigenvalue weighted by Crippen LogP contribution is -2.46. The van der Waals surface area contributed by atoms with Crippen molar-refractivity contribution in [2.45, 2.75) is 71.9 Å². The minimum Gasteiger partial charge on any atom is -0.493 e. The van der Waals surface area contributed by atoms with Gasteiger partial charge in [0.15, 0.2) is 34.6 Å². The smallest absolute Gasteiger partial charge is 0.407 e. The van der Waals surface area contributed by atoms with E-state index >= 15 is 0 Å². The number of amides is 2. The van der Waals surface area contributed by atoms with Crippen molar-refractivity contribution in [1.82, 2.24) is 10.2 Å². The van der Waals surface area contributed by atoms with Crippen LogP contribution in [0.1, 0.15) is 71.9 Å². The molecule has 2 aromatic carbocycles. The van der Waals surface area contributed by atoms with Gasteiger partial charge in [0, 0.05) is 5.54 Å². The summed E-state index contributed by atoms with van der Waals surface area (Å²) in [4.78, 5) is 51.4.